The van der Waals surface area contributed by atoms with E-state index in [1.165, 1.54) is 7.11 Å². The van der Waals surface area contributed by atoms with Crippen LogP contribution in [0, 0.1) is 5.41 Å². The Bertz CT molecular complexity index is 506. The van der Waals surface area contributed by atoms with Gasteiger partial charge in [-0.05, 0) is 12.8 Å². The largest absolute Gasteiger partial charge is 0.496 e. The lowest BCUT2D eigenvalue weighted by Crippen LogP contribution is -2.22. The van der Waals surface area contributed by atoms with Gasteiger partial charge in [0, 0.05) is 11.8 Å². The fraction of sp³-hybridized carbons (Fsp3) is 0.417. The average molecular weight is 251 g/mol. The number of aromatic carboxylic acids is 1. The molecule has 0 saturated carbocycles. The minimum absolute atomic E-state index is 0.0544. The van der Waals surface area contributed by atoms with Gasteiger partial charge in [0.2, 0.25) is 0 Å². The third-order valence-electron chi connectivity index (χ3n) is 2.49. The summed E-state index contributed by atoms with van der Waals surface area (Å²) in [5, 5.41) is 16.1. The first kappa shape index (κ1) is 14.0. The van der Waals surface area contributed by atoms with Crippen LogP contribution in [-0.2, 0) is 6.42 Å². The van der Waals surface area contributed by atoms with Crippen LogP contribution in [0.1, 0.15) is 35.8 Å². The zero-order valence-electron chi connectivity index (χ0n) is 10.5. The number of unbranched alkanes of at least 4 members (excludes halogenated alkanes) is 1. The van der Waals surface area contributed by atoms with Gasteiger partial charge in [0.15, 0.2) is 0 Å². The first-order valence-electron chi connectivity index (χ1n) is 5.70. The molecule has 0 unspecified atom stereocenters. The molecule has 6 nitrogen and oxygen atoms in total. The molecule has 0 fully saturated rings. The average Bonchev–Trinajstić information content (AvgIpc) is 2.35. The van der Waals surface area contributed by atoms with Crippen molar-refractivity contribution < 1.29 is 14.6 Å². The predicted molar refractivity (Wildman–Crippen MR) is 67.3 cm³/mol. The zero-order chi connectivity index (χ0) is 13.5. The molecule has 0 atom stereocenters. The Hall–Kier alpha value is -2.11. The number of nitrogens with one attached hydrogen (secondary N) is 2. The van der Waals surface area contributed by atoms with Crippen molar-refractivity contribution in [2.45, 2.75) is 26.2 Å². The number of aromatic amines is 1. The quantitative estimate of drug-likeness (QED) is 0.528. The third kappa shape index (κ3) is 3.19. The highest BCUT2D eigenvalue weighted by atomic mass is 16.5. The van der Waals surface area contributed by atoms with Crippen LogP contribution in [0.2, 0.25) is 0 Å². The molecule has 0 amide bonds. The molecule has 0 aliphatic heterocycles. The van der Waals surface area contributed by atoms with Crippen LogP contribution in [0.25, 0.3) is 0 Å². The van der Waals surface area contributed by atoms with Gasteiger partial charge in [-0.15, -0.1) is 0 Å². The molecule has 0 saturated heterocycles. The Morgan fingerprint density at radius 3 is 2.89 bits per heavy atom. The maximum atomic E-state index is 11.2. The van der Waals surface area contributed by atoms with E-state index in [-0.39, 0.29) is 16.8 Å². The molecule has 1 rings (SSSR count). The van der Waals surface area contributed by atoms with Crippen LogP contribution in [0.15, 0.2) is 11.1 Å². The molecular formula is C12H17N3O3. The summed E-state index contributed by atoms with van der Waals surface area (Å²) in [5.74, 6) is -0.876. The predicted octanol–water partition coefficient (Wildman–Crippen LogP) is 1.57. The van der Waals surface area contributed by atoms with Gasteiger partial charge in [0.05, 0.1) is 7.11 Å². The van der Waals surface area contributed by atoms with E-state index in [0.717, 1.165) is 31.3 Å². The summed E-state index contributed by atoms with van der Waals surface area (Å²) in [6, 6.07) is 1.67. The lowest BCUT2D eigenvalue weighted by molar-refractivity contribution is 0.0691. The Morgan fingerprint density at radius 1 is 1.67 bits per heavy atom. The van der Waals surface area contributed by atoms with Crippen molar-refractivity contribution in [2.24, 2.45) is 4.99 Å². The molecule has 0 spiro atoms. The summed E-state index contributed by atoms with van der Waals surface area (Å²) in [6.07, 6.45) is 3.61. The van der Waals surface area contributed by atoms with E-state index in [2.05, 4.69) is 16.9 Å². The van der Waals surface area contributed by atoms with Crippen molar-refractivity contribution in [1.29, 1.82) is 5.41 Å². The number of H-pyrrole nitrogens is 1. The number of carboxylic acids is 1. The van der Waals surface area contributed by atoms with E-state index >= 15 is 0 Å². The van der Waals surface area contributed by atoms with Gasteiger partial charge in [-0.1, -0.05) is 13.3 Å². The maximum Gasteiger partial charge on any atom is 0.343 e. The van der Waals surface area contributed by atoms with E-state index in [1.54, 1.807) is 6.07 Å². The van der Waals surface area contributed by atoms with Crippen molar-refractivity contribution in [3.05, 3.63) is 22.8 Å². The fourth-order valence-corrected chi connectivity index (χ4v) is 1.63. The Kier molecular flexibility index (Phi) is 5.10. The van der Waals surface area contributed by atoms with Gasteiger partial charge in [-0.2, -0.15) is 0 Å². The summed E-state index contributed by atoms with van der Waals surface area (Å²) in [7, 11) is 1.42. The number of carbonyl (C=O) groups is 1. The number of aromatic nitrogens is 1. The SMILES string of the molecule is CCCCc1cc(OC)c(C(=O)O)/c(=N/C=N)[nH]1. The second-order valence-electron chi connectivity index (χ2n) is 3.75. The number of hydrogen-bond acceptors (Lipinski definition) is 3. The third-order valence-corrected chi connectivity index (χ3v) is 2.49. The van der Waals surface area contributed by atoms with E-state index in [4.69, 9.17) is 15.3 Å². The van der Waals surface area contributed by atoms with Crippen LogP contribution in [-0.4, -0.2) is 29.5 Å². The molecule has 98 valence electrons. The number of aryl methyl sites for hydroxylation is 1. The number of hydrogen-bond donors (Lipinski definition) is 3. The van der Waals surface area contributed by atoms with Gasteiger partial charge in [-0.3, -0.25) is 5.41 Å². The fourth-order valence-electron chi connectivity index (χ4n) is 1.63. The minimum Gasteiger partial charge on any atom is -0.496 e. The van der Waals surface area contributed by atoms with E-state index in [1.807, 2.05) is 0 Å². The van der Waals surface area contributed by atoms with Crippen molar-refractivity contribution in [2.75, 3.05) is 7.11 Å². The maximum absolute atomic E-state index is 11.2. The van der Waals surface area contributed by atoms with Crippen molar-refractivity contribution in [1.82, 2.24) is 4.98 Å². The molecule has 3 N–H and O–H groups in total. The van der Waals surface area contributed by atoms with Gasteiger partial charge in [0.25, 0.3) is 0 Å². The molecular weight excluding hydrogens is 234 g/mol. The highest BCUT2D eigenvalue weighted by Crippen LogP contribution is 2.16. The second kappa shape index (κ2) is 6.58. The summed E-state index contributed by atoms with van der Waals surface area (Å²) in [6.45, 7) is 2.08. The molecule has 1 heterocycles. The molecule has 6 heteroatoms. The molecule has 0 radical (unpaired) electrons. The minimum atomic E-state index is -1.13. The lowest BCUT2D eigenvalue weighted by atomic mass is 10.1. The second-order valence-corrected chi connectivity index (χ2v) is 3.75. The molecule has 0 aliphatic carbocycles. The highest BCUT2D eigenvalue weighted by Gasteiger charge is 2.15. The van der Waals surface area contributed by atoms with Crippen LogP contribution < -0.4 is 10.2 Å². The van der Waals surface area contributed by atoms with Gasteiger partial charge in [0.1, 0.15) is 23.1 Å². The lowest BCUT2D eigenvalue weighted by Gasteiger charge is -2.08. The number of rotatable bonds is 6. The van der Waals surface area contributed by atoms with Crippen LogP contribution in [0.4, 0.5) is 0 Å². The normalized spacial score (nSPS) is 11.3. The summed E-state index contributed by atoms with van der Waals surface area (Å²) in [4.78, 5) is 17.8. The van der Waals surface area contributed by atoms with Crippen LogP contribution in [0.5, 0.6) is 5.75 Å². The van der Waals surface area contributed by atoms with E-state index in [9.17, 15) is 4.79 Å². The molecule has 0 aliphatic rings. The summed E-state index contributed by atoms with van der Waals surface area (Å²) < 4.78 is 5.08. The number of pyridine rings is 1. The number of ether oxygens (including phenoxy) is 1. The molecule has 0 aromatic carbocycles. The monoisotopic (exact) mass is 251 g/mol. The first-order chi connectivity index (χ1) is 8.63. The Labute approximate surface area is 105 Å². The van der Waals surface area contributed by atoms with E-state index < -0.39 is 5.97 Å². The standard InChI is InChI=1S/C12H17N3O3/c1-3-4-5-8-6-9(18-2)10(12(16)17)11(15-8)14-7-13/h6-7H,3-5H2,1-2H3,(H,16,17)(H2,13,14,15). The Morgan fingerprint density at radius 2 is 2.39 bits per heavy atom. The van der Waals surface area contributed by atoms with Gasteiger partial charge < -0.3 is 14.8 Å². The van der Waals surface area contributed by atoms with Crippen LogP contribution >= 0.6 is 0 Å². The first-order valence-corrected chi connectivity index (χ1v) is 5.70. The van der Waals surface area contributed by atoms with Crippen molar-refractivity contribution in [3.8, 4) is 5.75 Å². The number of nitrogens with zero attached hydrogens (tertiary/aromatic N) is 1. The zero-order valence-corrected chi connectivity index (χ0v) is 10.5. The van der Waals surface area contributed by atoms with Gasteiger partial charge in [-0.25, -0.2) is 9.79 Å². The van der Waals surface area contributed by atoms with E-state index in [0.29, 0.717) is 0 Å². The topological polar surface area (TPSA) is 98.5 Å². The van der Waals surface area contributed by atoms with Gasteiger partial charge >= 0.3 is 5.97 Å². The summed E-state index contributed by atoms with van der Waals surface area (Å²) >= 11 is 0. The van der Waals surface area contributed by atoms with Crippen LogP contribution in [0.3, 0.4) is 0 Å². The summed E-state index contributed by atoms with van der Waals surface area (Å²) in [5.41, 5.74) is 0.934. The number of methoxy groups -OCH3 is 1. The molecule has 0 bridgehead atoms. The molecule has 1 aromatic heterocycles. The smallest absolute Gasteiger partial charge is 0.343 e. The molecule has 18 heavy (non-hydrogen) atoms. The van der Waals surface area contributed by atoms with Crippen molar-refractivity contribution >= 4 is 12.3 Å². The Balaban J connectivity index is 3.39. The van der Waals surface area contributed by atoms with Crippen molar-refractivity contribution in [3.63, 3.8) is 0 Å². The number of carboxylic acid groups (broad SMARTS) is 1. The molecule has 1 aromatic rings. The highest BCUT2D eigenvalue weighted by molar-refractivity contribution is 5.90.